The average molecular weight is 356 g/mol. The predicted octanol–water partition coefficient (Wildman–Crippen LogP) is 4.73. The number of nitrogen functional groups attached to an aromatic ring is 1. The Bertz CT molecular complexity index is 994. The molecule has 5 heteroatoms. The zero-order valence-corrected chi connectivity index (χ0v) is 14.9. The van der Waals surface area contributed by atoms with E-state index in [0.29, 0.717) is 23.6 Å². The molecule has 0 radical (unpaired) electrons. The first-order valence-electron chi connectivity index (χ1n) is 8.42. The van der Waals surface area contributed by atoms with Gasteiger partial charge in [-0.15, -0.1) is 0 Å². The molecule has 0 aliphatic heterocycles. The van der Waals surface area contributed by atoms with Crippen LogP contribution in [0.25, 0.3) is 17.3 Å². The van der Waals surface area contributed by atoms with Gasteiger partial charge in [0.25, 0.3) is 0 Å². The number of anilines is 2. The van der Waals surface area contributed by atoms with Gasteiger partial charge in [0.15, 0.2) is 0 Å². The molecule has 134 valence electrons. The highest BCUT2D eigenvalue weighted by Crippen LogP contribution is 2.25. The number of hydrogen-bond donors (Lipinski definition) is 2. The molecule has 3 rings (SSSR count). The van der Waals surface area contributed by atoms with E-state index in [-0.39, 0.29) is 0 Å². The Labute approximate surface area is 158 Å². The lowest BCUT2D eigenvalue weighted by atomic mass is 10.1. The fraction of sp³-hybridized carbons (Fsp3) is 0.0455. The van der Waals surface area contributed by atoms with Gasteiger partial charge in [-0.05, 0) is 42.1 Å². The van der Waals surface area contributed by atoms with E-state index in [1.807, 2.05) is 42.5 Å². The molecule has 0 atom stereocenters. The number of aldehydes is 1. The molecule has 27 heavy (non-hydrogen) atoms. The van der Waals surface area contributed by atoms with E-state index < -0.39 is 0 Å². The molecule has 0 saturated heterocycles. The van der Waals surface area contributed by atoms with Crippen LogP contribution in [0.4, 0.5) is 17.2 Å². The van der Waals surface area contributed by atoms with E-state index in [4.69, 9.17) is 5.73 Å². The Morgan fingerprint density at radius 1 is 1.11 bits per heavy atom. The minimum absolute atomic E-state index is 0.559. The Balaban J connectivity index is 1.81. The Kier molecular flexibility index (Phi) is 5.42. The lowest BCUT2D eigenvalue weighted by Gasteiger charge is -2.12. The normalized spacial score (nSPS) is 10.2. The summed E-state index contributed by atoms with van der Waals surface area (Å²) in [5.41, 5.74) is 11.7. The topological polar surface area (TPSA) is 80.4 Å². The second kappa shape index (κ2) is 8.10. The molecule has 2 aromatic carbocycles. The van der Waals surface area contributed by atoms with Crippen LogP contribution >= 0.6 is 0 Å². The Morgan fingerprint density at radius 2 is 1.89 bits per heavy atom. The summed E-state index contributed by atoms with van der Waals surface area (Å²) >= 11 is 0. The minimum Gasteiger partial charge on any atom is -0.396 e. The van der Waals surface area contributed by atoms with Crippen molar-refractivity contribution in [2.75, 3.05) is 11.1 Å². The Morgan fingerprint density at radius 3 is 2.56 bits per heavy atom. The first kappa shape index (κ1) is 18.1. The Hall–Kier alpha value is -3.73. The number of aromatic nitrogens is 1. The quantitative estimate of drug-likeness (QED) is 0.474. The fourth-order valence-electron chi connectivity index (χ4n) is 2.71. The van der Waals surface area contributed by atoms with Crippen LogP contribution in [-0.2, 0) is 6.54 Å². The van der Waals surface area contributed by atoms with Gasteiger partial charge in [-0.2, -0.15) is 0 Å². The third-order valence-electron chi connectivity index (χ3n) is 4.21. The van der Waals surface area contributed by atoms with Crippen molar-refractivity contribution in [1.82, 2.24) is 4.98 Å². The number of aliphatic imine (C=N–C) groups is 1. The van der Waals surface area contributed by atoms with Crippen LogP contribution < -0.4 is 11.1 Å². The van der Waals surface area contributed by atoms with Crippen LogP contribution in [0.2, 0.25) is 0 Å². The van der Waals surface area contributed by atoms with Crippen molar-refractivity contribution in [3.8, 4) is 11.3 Å². The molecule has 1 aromatic heterocycles. The lowest BCUT2D eigenvalue weighted by Crippen LogP contribution is -2.05. The molecule has 0 spiro atoms. The number of pyridine rings is 1. The van der Waals surface area contributed by atoms with Crippen molar-refractivity contribution in [2.24, 2.45) is 4.99 Å². The lowest BCUT2D eigenvalue weighted by molar-refractivity contribution is 0.112. The fourth-order valence-corrected chi connectivity index (χ4v) is 2.71. The van der Waals surface area contributed by atoms with Crippen molar-refractivity contribution < 1.29 is 4.79 Å². The molecule has 0 unspecified atom stereocenters. The summed E-state index contributed by atoms with van der Waals surface area (Å²) in [5.74, 6) is 0.609. The summed E-state index contributed by atoms with van der Waals surface area (Å²) in [6.07, 6.45) is 2.57. The molecule has 0 aliphatic carbocycles. The van der Waals surface area contributed by atoms with Gasteiger partial charge in [0.05, 0.1) is 17.1 Å². The average Bonchev–Trinajstić information content (AvgIpc) is 2.73. The number of hydrogen-bond acceptors (Lipinski definition) is 5. The highest BCUT2D eigenvalue weighted by Gasteiger charge is 2.06. The largest absolute Gasteiger partial charge is 0.396 e. The number of carbonyl (C=O) groups excluding carboxylic acids is 1. The first-order chi connectivity index (χ1) is 13.1. The highest BCUT2D eigenvalue weighted by molar-refractivity contribution is 5.77. The minimum atomic E-state index is 0.559. The maximum absolute atomic E-state index is 10.8. The SMILES string of the molecule is C=Cc1cc(CNc2nc(-c3ccc(C=O)cc3)ccc2N)ccc1N=C. The monoisotopic (exact) mass is 356 g/mol. The second-order valence-corrected chi connectivity index (χ2v) is 5.98. The van der Waals surface area contributed by atoms with Crippen molar-refractivity contribution in [3.63, 3.8) is 0 Å². The molecular formula is C22H20N4O. The molecule has 3 N–H and O–H groups in total. The number of nitrogens with zero attached hydrogens (tertiary/aromatic N) is 2. The standard InChI is InChI=1S/C22H20N4O/c1-3-17-12-16(6-10-20(17)24-2)13-25-22-19(23)9-11-21(26-22)18-7-4-15(14-27)5-8-18/h3-12,14H,1-2,13,23H2,(H,25,26). The van der Waals surface area contributed by atoms with E-state index in [9.17, 15) is 4.79 Å². The van der Waals surface area contributed by atoms with Gasteiger partial charge >= 0.3 is 0 Å². The van der Waals surface area contributed by atoms with Crippen LogP contribution in [0.5, 0.6) is 0 Å². The third kappa shape index (κ3) is 4.10. The number of carbonyl (C=O) groups is 1. The molecule has 0 fully saturated rings. The summed E-state index contributed by atoms with van der Waals surface area (Å²) in [6, 6.07) is 16.8. The van der Waals surface area contributed by atoms with Gasteiger partial charge < -0.3 is 11.1 Å². The first-order valence-corrected chi connectivity index (χ1v) is 8.42. The van der Waals surface area contributed by atoms with Gasteiger partial charge in [-0.3, -0.25) is 9.79 Å². The third-order valence-corrected chi connectivity index (χ3v) is 4.21. The van der Waals surface area contributed by atoms with E-state index in [1.54, 1.807) is 18.2 Å². The van der Waals surface area contributed by atoms with Crippen LogP contribution in [0.3, 0.4) is 0 Å². The number of rotatable bonds is 7. The van der Waals surface area contributed by atoms with Crippen LogP contribution in [0.1, 0.15) is 21.5 Å². The summed E-state index contributed by atoms with van der Waals surface area (Å²) in [7, 11) is 0. The van der Waals surface area contributed by atoms with E-state index in [2.05, 4.69) is 28.6 Å². The van der Waals surface area contributed by atoms with Gasteiger partial charge in [0.1, 0.15) is 12.1 Å². The van der Waals surface area contributed by atoms with Crippen molar-refractivity contribution in [1.29, 1.82) is 0 Å². The maximum Gasteiger partial charge on any atom is 0.150 e. The molecule has 0 saturated carbocycles. The molecule has 1 heterocycles. The number of benzene rings is 2. The van der Waals surface area contributed by atoms with Gasteiger partial charge in [-0.1, -0.05) is 43.0 Å². The van der Waals surface area contributed by atoms with Crippen molar-refractivity contribution in [3.05, 3.63) is 77.9 Å². The number of nitrogens with one attached hydrogen (secondary N) is 1. The molecular weight excluding hydrogens is 336 g/mol. The molecule has 3 aromatic rings. The second-order valence-electron chi connectivity index (χ2n) is 5.98. The van der Waals surface area contributed by atoms with E-state index in [0.717, 1.165) is 34.4 Å². The number of nitrogens with two attached hydrogens (primary N) is 1. The van der Waals surface area contributed by atoms with E-state index in [1.165, 1.54) is 0 Å². The zero-order valence-electron chi connectivity index (χ0n) is 14.9. The van der Waals surface area contributed by atoms with Crippen molar-refractivity contribution >= 4 is 36.3 Å². The van der Waals surface area contributed by atoms with Crippen LogP contribution in [0.15, 0.2) is 66.2 Å². The summed E-state index contributed by atoms with van der Waals surface area (Å²) in [6.45, 7) is 7.93. The highest BCUT2D eigenvalue weighted by atomic mass is 16.1. The molecule has 0 bridgehead atoms. The van der Waals surface area contributed by atoms with Crippen LogP contribution in [-0.4, -0.2) is 18.0 Å². The smallest absolute Gasteiger partial charge is 0.150 e. The molecule has 5 nitrogen and oxygen atoms in total. The van der Waals surface area contributed by atoms with Gasteiger partial charge in [0, 0.05) is 17.7 Å². The zero-order chi connectivity index (χ0) is 19.2. The van der Waals surface area contributed by atoms with Crippen LogP contribution in [0, 0.1) is 0 Å². The predicted molar refractivity (Wildman–Crippen MR) is 113 cm³/mol. The molecule has 0 aliphatic rings. The summed E-state index contributed by atoms with van der Waals surface area (Å²) in [5, 5.41) is 3.28. The maximum atomic E-state index is 10.8. The summed E-state index contributed by atoms with van der Waals surface area (Å²) in [4.78, 5) is 19.4. The van der Waals surface area contributed by atoms with E-state index >= 15 is 0 Å². The van der Waals surface area contributed by atoms with Gasteiger partial charge in [-0.25, -0.2) is 4.98 Å². The molecule has 0 amide bonds. The van der Waals surface area contributed by atoms with Gasteiger partial charge in [0.2, 0.25) is 0 Å². The summed E-state index contributed by atoms with van der Waals surface area (Å²) < 4.78 is 0. The van der Waals surface area contributed by atoms with Crippen molar-refractivity contribution in [2.45, 2.75) is 6.54 Å².